The van der Waals surface area contributed by atoms with Gasteiger partial charge in [-0.25, -0.2) is 0 Å². The second-order valence-electron chi connectivity index (χ2n) is 4.24. The molecule has 94 valence electrons. The van der Waals surface area contributed by atoms with Crippen molar-refractivity contribution in [3.63, 3.8) is 0 Å². The minimum Gasteiger partial charge on any atom is -0.391 e. The lowest BCUT2D eigenvalue weighted by atomic mass is 10.1. The molecule has 1 fully saturated rings. The van der Waals surface area contributed by atoms with E-state index in [0.29, 0.717) is 5.95 Å². The number of rotatable bonds is 2. The van der Waals surface area contributed by atoms with E-state index in [-0.39, 0.29) is 23.4 Å². The summed E-state index contributed by atoms with van der Waals surface area (Å²) in [5, 5.41) is 13.1. The molecule has 0 radical (unpaired) electrons. The quantitative estimate of drug-likeness (QED) is 0.689. The van der Waals surface area contributed by atoms with Gasteiger partial charge in [0.1, 0.15) is 0 Å². The van der Waals surface area contributed by atoms with Gasteiger partial charge in [-0.15, -0.1) is 0 Å². The van der Waals surface area contributed by atoms with Gasteiger partial charge in [-0.05, 0) is 24.4 Å². The smallest absolute Gasteiger partial charge is 0.229 e. The van der Waals surface area contributed by atoms with E-state index in [1.165, 1.54) is 0 Å². The summed E-state index contributed by atoms with van der Waals surface area (Å²) in [6, 6.07) is -0.0460. The Morgan fingerprint density at radius 2 is 1.94 bits per heavy atom. The lowest BCUT2D eigenvalue weighted by molar-refractivity contribution is 0.144. The number of nitrogens with two attached hydrogens (primary N) is 1. The molecule has 0 saturated heterocycles. The van der Waals surface area contributed by atoms with E-state index >= 15 is 0 Å². The summed E-state index contributed by atoms with van der Waals surface area (Å²) >= 11 is 5.69. The maximum absolute atomic E-state index is 9.95. The Bertz CT molecular complexity index is 369. The number of nitrogen functional groups attached to an aromatic ring is 1. The summed E-state index contributed by atoms with van der Waals surface area (Å²) < 4.78 is 0. The van der Waals surface area contributed by atoms with E-state index in [2.05, 4.69) is 20.3 Å². The Labute approximate surface area is 105 Å². The van der Waals surface area contributed by atoms with Crippen LogP contribution in [0.4, 0.5) is 11.9 Å². The third-order valence-corrected chi connectivity index (χ3v) is 3.09. The topological polar surface area (TPSA) is 97.0 Å². The number of halogens is 1. The third-order valence-electron chi connectivity index (χ3n) is 2.92. The Morgan fingerprint density at radius 1 is 1.18 bits per heavy atom. The van der Waals surface area contributed by atoms with E-state index < -0.39 is 0 Å². The Morgan fingerprint density at radius 3 is 2.71 bits per heavy atom. The maximum atomic E-state index is 9.95. The molecule has 17 heavy (non-hydrogen) atoms. The van der Waals surface area contributed by atoms with Gasteiger partial charge in [0.15, 0.2) is 0 Å². The van der Waals surface area contributed by atoms with Gasteiger partial charge in [-0.3, -0.25) is 0 Å². The lowest BCUT2D eigenvalue weighted by Crippen LogP contribution is -2.33. The summed E-state index contributed by atoms with van der Waals surface area (Å²) in [5.74, 6) is 0.407. The first-order chi connectivity index (χ1) is 8.15. The number of anilines is 2. The zero-order valence-corrected chi connectivity index (χ0v) is 10.2. The highest BCUT2D eigenvalue weighted by atomic mass is 35.5. The van der Waals surface area contributed by atoms with E-state index in [4.69, 9.17) is 17.3 Å². The lowest BCUT2D eigenvalue weighted by Gasteiger charge is -2.21. The van der Waals surface area contributed by atoms with Gasteiger partial charge >= 0.3 is 0 Å². The fourth-order valence-corrected chi connectivity index (χ4v) is 2.22. The standard InChI is InChI=1S/C10H16ClN5O/c11-8-14-9(12)16-10(15-8)13-6-4-2-1-3-5-7(6)17/h6-7,17H,1-5H2,(H3,12,13,14,15,16). The molecular formula is C10H16ClN5O. The summed E-state index contributed by atoms with van der Waals surface area (Å²) in [7, 11) is 0. The minimum absolute atomic E-state index is 0.0460. The van der Waals surface area contributed by atoms with Crippen molar-refractivity contribution in [2.75, 3.05) is 11.1 Å². The van der Waals surface area contributed by atoms with Gasteiger partial charge in [0.2, 0.25) is 17.2 Å². The molecule has 1 aromatic heterocycles. The van der Waals surface area contributed by atoms with Crippen LogP contribution in [0.1, 0.15) is 32.1 Å². The van der Waals surface area contributed by atoms with E-state index in [9.17, 15) is 5.11 Å². The molecule has 2 unspecified atom stereocenters. The number of aliphatic hydroxyl groups is 1. The summed E-state index contributed by atoms with van der Waals surface area (Å²) in [4.78, 5) is 11.6. The highest BCUT2D eigenvalue weighted by Gasteiger charge is 2.22. The third kappa shape index (κ3) is 3.41. The highest BCUT2D eigenvalue weighted by Crippen LogP contribution is 2.20. The normalized spacial score (nSPS) is 25.3. The van der Waals surface area contributed by atoms with Gasteiger partial charge in [0.05, 0.1) is 12.1 Å². The highest BCUT2D eigenvalue weighted by molar-refractivity contribution is 6.28. The molecule has 4 N–H and O–H groups in total. The zero-order chi connectivity index (χ0) is 12.3. The molecule has 0 amide bonds. The molecule has 1 saturated carbocycles. The molecule has 0 bridgehead atoms. The van der Waals surface area contributed by atoms with Crippen molar-refractivity contribution >= 4 is 23.5 Å². The molecule has 0 aliphatic heterocycles. The first-order valence-electron chi connectivity index (χ1n) is 5.77. The molecule has 1 aliphatic rings. The summed E-state index contributed by atoms with van der Waals surface area (Å²) in [6.07, 6.45) is 4.60. The molecule has 1 aliphatic carbocycles. The van der Waals surface area contributed by atoms with E-state index in [0.717, 1.165) is 32.1 Å². The van der Waals surface area contributed by atoms with Crippen LogP contribution in [0, 0.1) is 0 Å². The van der Waals surface area contributed by atoms with Gasteiger partial charge in [0, 0.05) is 0 Å². The number of aromatic nitrogens is 3. The second-order valence-corrected chi connectivity index (χ2v) is 4.58. The largest absolute Gasteiger partial charge is 0.391 e. The van der Waals surface area contributed by atoms with Crippen LogP contribution in [0.5, 0.6) is 0 Å². The van der Waals surface area contributed by atoms with Crippen LogP contribution in [0.25, 0.3) is 0 Å². The SMILES string of the molecule is Nc1nc(Cl)nc(NC2CCCCCC2O)n1. The average Bonchev–Trinajstić information content (AvgIpc) is 2.43. The van der Waals surface area contributed by atoms with Crippen LogP contribution < -0.4 is 11.1 Å². The number of aliphatic hydroxyl groups excluding tert-OH is 1. The van der Waals surface area contributed by atoms with Crippen LogP contribution in [0.15, 0.2) is 0 Å². The molecule has 7 heteroatoms. The molecule has 6 nitrogen and oxygen atoms in total. The van der Waals surface area contributed by atoms with Crippen molar-refractivity contribution in [3.05, 3.63) is 5.28 Å². The van der Waals surface area contributed by atoms with E-state index in [1.807, 2.05) is 0 Å². The van der Waals surface area contributed by atoms with E-state index in [1.54, 1.807) is 0 Å². The monoisotopic (exact) mass is 257 g/mol. The number of nitrogens with one attached hydrogen (secondary N) is 1. The van der Waals surface area contributed by atoms with Crippen LogP contribution >= 0.6 is 11.6 Å². The van der Waals surface area contributed by atoms with Crippen molar-refractivity contribution in [2.45, 2.75) is 44.2 Å². The summed E-state index contributed by atoms with van der Waals surface area (Å²) in [5.41, 5.74) is 5.48. The molecule has 1 aromatic rings. The molecule has 2 rings (SSSR count). The van der Waals surface area contributed by atoms with Crippen molar-refractivity contribution in [3.8, 4) is 0 Å². The second kappa shape index (κ2) is 5.46. The van der Waals surface area contributed by atoms with Crippen LogP contribution in [0.2, 0.25) is 5.28 Å². The Kier molecular flexibility index (Phi) is 3.96. The molecule has 0 aromatic carbocycles. The zero-order valence-electron chi connectivity index (χ0n) is 9.43. The number of nitrogens with zero attached hydrogens (tertiary/aromatic N) is 3. The number of hydrogen-bond donors (Lipinski definition) is 3. The minimum atomic E-state index is -0.380. The van der Waals surface area contributed by atoms with Crippen molar-refractivity contribution in [2.24, 2.45) is 0 Å². The van der Waals surface area contributed by atoms with Crippen LogP contribution in [-0.2, 0) is 0 Å². The van der Waals surface area contributed by atoms with Gasteiger partial charge in [-0.2, -0.15) is 15.0 Å². The van der Waals surface area contributed by atoms with Crippen LogP contribution in [0.3, 0.4) is 0 Å². The molecule has 1 heterocycles. The fraction of sp³-hybridized carbons (Fsp3) is 0.700. The predicted molar refractivity (Wildman–Crippen MR) is 65.8 cm³/mol. The van der Waals surface area contributed by atoms with Crippen LogP contribution in [-0.4, -0.2) is 32.2 Å². The van der Waals surface area contributed by atoms with Crippen molar-refractivity contribution in [1.29, 1.82) is 0 Å². The fourth-order valence-electron chi connectivity index (χ4n) is 2.05. The first-order valence-corrected chi connectivity index (χ1v) is 6.14. The van der Waals surface area contributed by atoms with Crippen molar-refractivity contribution < 1.29 is 5.11 Å². The molecule has 0 spiro atoms. The summed E-state index contributed by atoms with van der Waals surface area (Å²) in [6.45, 7) is 0. The average molecular weight is 258 g/mol. The first kappa shape index (κ1) is 12.3. The van der Waals surface area contributed by atoms with Crippen molar-refractivity contribution in [1.82, 2.24) is 15.0 Å². The maximum Gasteiger partial charge on any atom is 0.229 e. The molecular weight excluding hydrogens is 242 g/mol. The molecule has 2 atom stereocenters. The number of hydrogen-bond acceptors (Lipinski definition) is 6. The Hall–Kier alpha value is -1.14. The van der Waals surface area contributed by atoms with Gasteiger partial charge in [0.25, 0.3) is 0 Å². The Balaban J connectivity index is 2.07. The van der Waals surface area contributed by atoms with Gasteiger partial charge in [-0.1, -0.05) is 19.3 Å². The predicted octanol–water partition coefficient (Wildman–Crippen LogP) is 1.21. The van der Waals surface area contributed by atoms with Gasteiger partial charge < -0.3 is 16.2 Å².